The van der Waals surface area contributed by atoms with Gasteiger partial charge in [-0.25, -0.2) is 0 Å². The summed E-state index contributed by atoms with van der Waals surface area (Å²) in [5.41, 5.74) is 0. The minimum atomic E-state index is -0.0945. The largest absolute Gasteiger partial charge is 0.465 e. The predicted octanol–water partition coefficient (Wildman–Crippen LogP) is 1.74. The molecule has 0 spiro atoms. The van der Waals surface area contributed by atoms with Gasteiger partial charge in [0.2, 0.25) is 0 Å². The molecule has 0 aliphatic heterocycles. The molecule has 1 N–H and O–H groups in total. The fourth-order valence-corrected chi connectivity index (χ4v) is 1.13. The van der Waals surface area contributed by atoms with Crippen LogP contribution in [0.15, 0.2) is 0 Å². The van der Waals surface area contributed by atoms with Gasteiger partial charge >= 0.3 is 5.97 Å². The van der Waals surface area contributed by atoms with Gasteiger partial charge in [-0.3, -0.25) is 4.79 Å². The first-order valence-corrected chi connectivity index (χ1v) is 5.03. The van der Waals surface area contributed by atoms with Crippen LogP contribution in [0.4, 0.5) is 0 Å². The van der Waals surface area contributed by atoms with Crippen LogP contribution in [0.1, 0.15) is 39.5 Å². The highest BCUT2D eigenvalue weighted by molar-refractivity contribution is 5.72. The summed E-state index contributed by atoms with van der Waals surface area (Å²) in [7, 11) is 0. The van der Waals surface area contributed by atoms with Crippen LogP contribution >= 0.6 is 0 Å². The molecule has 0 bridgehead atoms. The molecule has 0 aliphatic carbocycles. The van der Waals surface area contributed by atoms with E-state index >= 15 is 0 Å². The molecule has 78 valence electrons. The van der Waals surface area contributed by atoms with Crippen molar-refractivity contribution in [2.45, 2.75) is 39.5 Å². The first-order chi connectivity index (χ1) is 6.26. The number of aliphatic hydroxyl groups is 1. The Morgan fingerprint density at radius 3 is 2.38 bits per heavy atom. The summed E-state index contributed by atoms with van der Waals surface area (Å²) in [5, 5.41) is 8.49. The molecule has 13 heavy (non-hydrogen) atoms. The first-order valence-electron chi connectivity index (χ1n) is 5.03. The summed E-state index contributed by atoms with van der Waals surface area (Å²) in [6, 6.07) is 0. The van der Waals surface area contributed by atoms with Crippen molar-refractivity contribution < 1.29 is 14.6 Å². The fraction of sp³-hybridized carbons (Fsp3) is 0.900. The molecule has 0 heterocycles. The maximum Gasteiger partial charge on any atom is 0.308 e. The van der Waals surface area contributed by atoms with Crippen molar-refractivity contribution in [1.29, 1.82) is 0 Å². The van der Waals surface area contributed by atoms with Gasteiger partial charge in [0.25, 0.3) is 0 Å². The van der Waals surface area contributed by atoms with Gasteiger partial charge in [0.1, 0.15) is 0 Å². The number of unbranched alkanes of at least 4 members (excludes halogenated alkanes) is 1. The van der Waals surface area contributed by atoms with Crippen molar-refractivity contribution in [3.8, 4) is 0 Å². The second kappa shape index (κ2) is 8.05. The summed E-state index contributed by atoms with van der Waals surface area (Å²) in [5.74, 6) is -0.0444. The van der Waals surface area contributed by atoms with Gasteiger partial charge in [0.05, 0.1) is 12.5 Å². The maximum absolute atomic E-state index is 11.3. The molecular weight excluding hydrogens is 168 g/mol. The Bertz CT molecular complexity index is 130. The molecule has 0 atom stereocenters. The lowest BCUT2D eigenvalue weighted by atomic mass is 10.0. The smallest absolute Gasteiger partial charge is 0.308 e. The molecule has 0 amide bonds. The molecule has 0 aromatic rings. The van der Waals surface area contributed by atoms with E-state index in [-0.39, 0.29) is 18.5 Å². The van der Waals surface area contributed by atoms with E-state index in [0.29, 0.717) is 13.0 Å². The van der Waals surface area contributed by atoms with E-state index < -0.39 is 0 Å². The van der Waals surface area contributed by atoms with Crippen LogP contribution in [0.3, 0.4) is 0 Å². The summed E-state index contributed by atoms with van der Waals surface area (Å²) in [6.45, 7) is 4.59. The van der Waals surface area contributed by atoms with E-state index in [1.807, 2.05) is 13.8 Å². The highest BCUT2D eigenvalue weighted by Gasteiger charge is 2.14. The van der Waals surface area contributed by atoms with Gasteiger partial charge in [-0.1, -0.05) is 13.8 Å². The number of ether oxygens (including phenoxy) is 1. The number of carbonyl (C=O) groups is 1. The van der Waals surface area contributed by atoms with E-state index in [2.05, 4.69) is 0 Å². The van der Waals surface area contributed by atoms with Crippen LogP contribution in [-0.2, 0) is 9.53 Å². The Morgan fingerprint density at radius 2 is 1.92 bits per heavy atom. The van der Waals surface area contributed by atoms with E-state index in [1.54, 1.807) is 0 Å². The maximum atomic E-state index is 11.3. The lowest BCUT2D eigenvalue weighted by molar-refractivity contribution is -0.148. The molecule has 0 unspecified atom stereocenters. The third kappa shape index (κ3) is 5.64. The molecule has 3 nitrogen and oxygen atoms in total. The fourth-order valence-electron chi connectivity index (χ4n) is 1.13. The topological polar surface area (TPSA) is 46.5 Å². The van der Waals surface area contributed by atoms with Crippen LogP contribution in [0.5, 0.6) is 0 Å². The Balaban J connectivity index is 3.48. The Kier molecular flexibility index (Phi) is 7.69. The zero-order chi connectivity index (χ0) is 10.1. The van der Waals surface area contributed by atoms with Gasteiger partial charge < -0.3 is 9.84 Å². The number of rotatable bonds is 7. The quantitative estimate of drug-likeness (QED) is 0.489. The normalized spacial score (nSPS) is 10.5. The van der Waals surface area contributed by atoms with Crippen LogP contribution < -0.4 is 0 Å². The van der Waals surface area contributed by atoms with Crippen LogP contribution in [0.2, 0.25) is 0 Å². The zero-order valence-corrected chi connectivity index (χ0v) is 8.58. The molecular formula is C10H20O3. The van der Waals surface area contributed by atoms with E-state index in [9.17, 15) is 4.79 Å². The SMILES string of the molecule is CCC(CC)C(=O)OCCCCO. The summed E-state index contributed by atoms with van der Waals surface area (Å²) >= 11 is 0. The van der Waals surface area contributed by atoms with Crippen molar-refractivity contribution in [2.24, 2.45) is 5.92 Å². The van der Waals surface area contributed by atoms with E-state index in [1.165, 1.54) is 0 Å². The zero-order valence-electron chi connectivity index (χ0n) is 8.58. The summed E-state index contributed by atoms with van der Waals surface area (Å²) < 4.78 is 5.04. The van der Waals surface area contributed by atoms with Gasteiger partial charge in [-0.2, -0.15) is 0 Å². The second-order valence-corrected chi connectivity index (χ2v) is 3.11. The van der Waals surface area contributed by atoms with E-state index in [0.717, 1.165) is 19.3 Å². The number of hydrogen-bond acceptors (Lipinski definition) is 3. The number of aliphatic hydroxyl groups excluding tert-OH is 1. The van der Waals surface area contributed by atoms with Crippen LogP contribution in [-0.4, -0.2) is 24.3 Å². The highest BCUT2D eigenvalue weighted by Crippen LogP contribution is 2.09. The lowest BCUT2D eigenvalue weighted by Crippen LogP contribution is -2.16. The molecule has 0 saturated carbocycles. The summed E-state index contributed by atoms with van der Waals surface area (Å²) in [4.78, 5) is 11.3. The van der Waals surface area contributed by atoms with Crippen molar-refractivity contribution in [3.05, 3.63) is 0 Å². The molecule has 0 aliphatic rings. The highest BCUT2D eigenvalue weighted by atomic mass is 16.5. The third-order valence-electron chi connectivity index (χ3n) is 2.12. The minimum Gasteiger partial charge on any atom is -0.465 e. The number of esters is 1. The molecule has 3 heteroatoms. The van der Waals surface area contributed by atoms with Crippen LogP contribution in [0.25, 0.3) is 0 Å². The minimum absolute atomic E-state index is 0.0501. The van der Waals surface area contributed by atoms with Gasteiger partial charge in [-0.15, -0.1) is 0 Å². The average molecular weight is 188 g/mol. The second-order valence-electron chi connectivity index (χ2n) is 3.11. The van der Waals surface area contributed by atoms with Gasteiger partial charge in [0, 0.05) is 6.61 Å². The Morgan fingerprint density at radius 1 is 1.31 bits per heavy atom. The molecule has 0 saturated heterocycles. The number of carbonyl (C=O) groups excluding carboxylic acids is 1. The lowest BCUT2D eigenvalue weighted by Gasteiger charge is -2.11. The Hall–Kier alpha value is -0.570. The molecule has 0 fully saturated rings. The molecule has 0 rings (SSSR count). The van der Waals surface area contributed by atoms with Gasteiger partial charge in [0.15, 0.2) is 0 Å². The summed E-state index contributed by atoms with van der Waals surface area (Å²) in [6.07, 6.45) is 3.14. The molecule has 0 radical (unpaired) electrons. The standard InChI is InChI=1S/C10H20O3/c1-3-9(4-2)10(12)13-8-6-5-7-11/h9,11H,3-8H2,1-2H3. The van der Waals surface area contributed by atoms with Crippen molar-refractivity contribution in [3.63, 3.8) is 0 Å². The molecule has 0 aromatic carbocycles. The van der Waals surface area contributed by atoms with Crippen LogP contribution in [0, 0.1) is 5.92 Å². The Labute approximate surface area is 80.1 Å². The monoisotopic (exact) mass is 188 g/mol. The first kappa shape index (κ1) is 12.4. The predicted molar refractivity (Wildman–Crippen MR) is 51.4 cm³/mol. The van der Waals surface area contributed by atoms with E-state index in [4.69, 9.17) is 9.84 Å². The van der Waals surface area contributed by atoms with Crippen molar-refractivity contribution >= 4 is 5.97 Å². The third-order valence-corrected chi connectivity index (χ3v) is 2.12. The van der Waals surface area contributed by atoms with Gasteiger partial charge in [-0.05, 0) is 25.7 Å². The van der Waals surface area contributed by atoms with Crippen molar-refractivity contribution in [1.82, 2.24) is 0 Å². The number of hydrogen-bond donors (Lipinski definition) is 1. The molecule has 0 aromatic heterocycles. The van der Waals surface area contributed by atoms with Crippen molar-refractivity contribution in [2.75, 3.05) is 13.2 Å². The average Bonchev–Trinajstić information content (AvgIpc) is 2.14.